The third kappa shape index (κ3) is 5.18. The average Bonchev–Trinajstić information content (AvgIpc) is 3.00. The number of nitrogens with zero attached hydrogens (tertiary/aromatic N) is 2. The van der Waals surface area contributed by atoms with Crippen LogP contribution >= 0.6 is 35.6 Å². The number of nitrogens with one attached hydrogen (secondary N) is 2. The van der Waals surface area contributed by atoms with Crippen molar-refractivity contribution in [2.75, 3.05) is 19.7 Å². The van der Waals surface area contributed by atoms with Crippen LogP contribution in [0.1, 0.15) is 23.8 Å². The summed E-state index contributed by atoms with van der Waals surface area (Å²) in [4.78, 5) is 15.9. The van der Waals surface area contributed by atoms with Gasteiger partial charge >= 0.3 is 0 Å². The second-order valence-corrected chi connectivity index (χ2v) is 7.27. The van der Waals surface area contributed by atoms with Crippen molar-refractivity contribution in [2.24, 2.45) is 5.10 Å². The Morgan fingerprint density at radius 1 is 1.17 bits per heavy atom. The summed E-state index contributed by atoms with van der Waals surface area (Å²) >= 11 is 12.2. The largest absolute Gasteiger partial charge is 0.470 e. The van der Waals surface area contributed by atoms with Gasteiger partial charge in [-0.15, -0.1) is 12.4 Å². The van der Waals surface area contributed by atoms with Gasteiger partial charge in [-0.2, -0.15) is 5.10 Å². The van der Waals surface area contributed by atoms with E-state index < -0.39 is 0 Å². The predicted molar refractivity (Wildman–Crippen MR) is 113 cm³/mol. The molecule has 0 saturated carbocycles. The van der Waals surface area contributed by atoms with E-state index in [1.807, 2.05) is 12.1 Å². The Hall–Kier alpha value is -1.90. The van der Waals surface area contributed by atoms with Crippen LogP contribution in [0.5, 0.6) is 5.88 Å². The Morgan fingerprint density at radius 2 is 2.03 bits per heavy atom. The number of ether oxygens (including phenoxy) is 2. The fourth-order valence-electron chi connectivity index (χ4n) is 3.13. The predicted octanol–water partition coefficient (Wildman–Crippen LogP) is 3.14. The first-order valence-corrected chi connectivity index (χ1v) is 9.62. The summed E-state index contributed by atoms with van der Waals surface area (Å²) < 4.78 is 12.2. The van der Waals surface area contributed by atoms with Crippen LogP contribution in [-0.4, -0.2) is 42.4 Å². The second-order valence-electron chi connectivity index (χ2n) is 6.46. The van der Waals surface area contributed by atoms with E-state index in [0.717, 1.165) is 12.1 Å². The van der Waals surface area contributed by atoms with E-state index >= 15 is 0 Å². The molecule has 1 fully saturated rings. The molecular weight excluding hydrogens is 439 g/mol. The normalized spacial score (nSPS) is 21.6. The van der Waals surface area contributed by atoms with Crippen LogP contribution in [0.2, 0.25) is 10.0 Å². The number of pyridine rings is 1. The summed E-state index contributed by atoms with van der Waals surface area (Å²) in [5, 5.41) is 8.27. The number of carbonyl (C=O) groups excluding carboxylic acids is 1. The van der Waals surface area contributed by atoms with Crippen molar-refractivity contribution >= 4 is 47.2 Å². The molecule has 0 spiro atoms. The lowest BCUT2D eigenvalue weighted by molar-refractivity contribution is -0.119. The zero-order valence-electron chi connectivity index (χ0n) is 15.2. The monoisotopic (exact) mass is 456 g/mol. The molecule has 0 radical (unpaired) electrons. The van der Waals surface area contributed by atoms with Gasteiger partial charge in [-0.05, 0) is 23.8 Å². The molecule has 2 aliphatic heterocycles. The molecule has 10 heteroatoms. The zero-order chi connectivity index (χ0) is 19.5. The first kappa shape index (κ1) is 21.8. The summed E-state index contributed by atoms with van der Waals surface area (Å²) in [6.45, 7) is 1.84. The Morgan fingerprint density at radius 3 is 2.79 bits per heavy atom. The van der Waals surface area contributed by atoms with Crippen LogP contribution in [0.3, 0.4) is 0 Å². The second kappa shape index (κ2) is 9.73. The molecule has 1 amide bonds. The molecule has 2 aromatic rings. The fourth-order valence-corrected chi connectivity index (χ4v) is 3.43. The first-order chi connectivity index (χ1) is 13.6. The molecule has 3 heterocycles. The molecule has 0 aliphatic carbocycles. The van der Waals surface area contributed by atoms with Crippen LogP contribution in [0.4, 0.5) is 0 Å². The molecule has 1 aromatic carbocycles. The molecule has 2 aliphatic rings. The van der Waals surface area contributed by atoms with Crippen LogP contribution in [0.25, 0.3) is 0 Å². The third-order valence-electron chi connectivity index (χ3n) is 4.47. The standard InChI is InChI=1S/C19H18Cl2N4O3.ClH/c20-12-5-4-11(8-13(12)21)19-16(10-22-6-7-27-19)28-18-3-1-2-14(23-18)15-9-17(26)25-24-15;/h1-5,8,16,19,22H,6-7,9-10H2,(H,25,26);1H. The number of benzene rings is 1. The Kier molecular flexibility index (Phi) is 7.32. The quantitative estimate of drug-likeness (QED) is 0.737. The minimum Gasteiger partial charge on any atom is -0.470 e. The molecular formula is C19H19Cl3N4O3. The SMILES string of the molecule is Cl.O=C1CC(c2cccc(OC3CNCCOC3c3ccc(Cl)c(Cl)c3)n2)=NN1. The van der Waals surface area contributed by atoms with E-state index in [-0.39, 0.29) is 36.9 Å². The third-order valence-corrected chi connectivity index (χ3v) is 5.21. The van der Waals surface area contributed by atoms with Gasteiger partial charge in [0.2, 0.25) is 11.8 Å². The molecule has 29 heavy (non-hydrogen) atoms. The van der Waals surface area contributed by atoms with Crippen LogP contribution in [-0.2, 0) is 9.53 Å². The summed E-state index contributed by atoms with van der Waals surface area (Å²) in [6.07, 6.45) is -0.453. The molecule has 154 valence electrons. The van der Waals surface area contributed by atoms with Gasteiger partial charge < -0.3 is 14.8 Å². The van der Waals surface area contributed by atoms with Crippen molar-refractivity contribution in [3.05, 3.63) is 57.7 Å². The Labute approximate surface area is 184 Å². The lowest BCUT2D eigenvalue weighted by Crippen LogP contribution is -2.34. The molecule has 2 N–H and O–H groups in total. The van der Waals surface area contributed by atoms with Gasteiger partial charge in [0.05, 0.1) is 34.5 Å². The van der Waals surface area contributed by atoms with Gasteiger partial charge in [-0.1, -0.05) is 35.3 Å². The topological polar surface area (TPSA) is 84.8 Å². The highest BCUT2D eigenvalue weighted by Gasteiger charge is 2.29. The summed E-state index contributed by atoms with van der Waals surface area (Å²) in [6, 6.07) is 10.8. The highest BCUT2D eigenvalue weighted by Crippen LogP contribution is 2.31. The highest BCUT2D eigenvalue weighted by atomic mass is 35.5. The Balaban J connectivity index is 0.00000240. The molecule has 1 saturated heterocycles. The average molecular weight is 458 g/mol. The van der Waals surface area contributed by atoms with E-state index in [9.17, 15) is 4.79 Å². The number of hydrazone groups is 1. The van der Waals surface area contributed by atoms with Gasteiger partial charge in [-0.25, -0.2) is 10.4 Å². The summed E-state index contributed by atoms with van der Waals surface area (Å²) in [7, 11) is 0. The number of hydrogen-bond acceptors (Lipinski definition) is 6. The van der Waals surface area contributed by atoms with Gasteiger partial charge in [0.15, 0.2) is 0 Å². The van der Waals surface area contributed by atoms with E-state index in [0.29, 0.717) is 40.5 Å². The van der Waals surface area contributed by atoms with Gasteiger partial charge in [0.25, 0.3) is 0 Å². The molecule has 2 atom stereocenters. The minimum absolute atomic E-state index is 0. The van der Waals surface area contributed by atoms with Crippen LogP contribution < -0.4 is 15.5 Å². The Bertz CT molecular complexity index is 925. The lowest BCUT2D eigenvalue weighted by Gasteiger charge is -2.26. The van der Waals surface area contributed by atoms with Crippen molar-refractivity contribution in [3.8, 4) is 5.88 Å². The fraction of sp³-hybridized carbons (Fsp3) is 0.316. The number of halogens is 3. The first-order valence-electron chi connectivity index (χ1n) is 8.87. The highest BCUT2D eigenvalue weighted by molar-refractivity contribution is 6.42. The maximum atomic E-state index is 11.4. The zero-order valence-corrected chi connectivity index (χ0v) is 17.6. The van der Waals surface area contributed by atoms with Gasteiger partial charge in [0.1, 0.15) is 12.2 Å². The maximum absolute atomic E-state index is 11.4. The smallest absolute Gasteiger partial charge is 0.246 e. The molecule has 4 rings (SSSR count). The molecule has 7 nitrogen and oxygen atoms in total. The number of amides is 1. The minimum atomic E-state index is -0.331. The number of aromatic nitrogens is 1. The lowest BCUT2D eigenvalue weighted by atomic mass is 10.0. The van der Waals surface area contributed by atoms with Crippen molar-refractivity contribution in [3.63, 3.8) is 0 Å². The van der Waals surface area contributed by atoms with E-state index in [2.05, 4.69) is 20.8 Å². The van der Waals surface area contributed by atoms with Crippen LogP contribution in [0, 0.1) is 0 Å². The molecule has 0 bridgehead atoms. The van der Waals surface area contributed by atoms with E-state index in [4.69, 9.17) is 32.7 Å². The number of hydrogen-bond donors (Lipinski definition) is 2. The van der Waals surface area contributed by atoms with Crippen molar-refractivity contribution in [1.82, 2.24) is 15.7 Å². The molecule has 2 unspecified atom stereocenters. The molecule has 1 aromatic heterocycles. The van der Waals surface area contributed by atoms with Crippen molar-refractivity contribution < 1.29 is 14.3 Å². The number of rotatable bonds is 4. The van der Waals surface area contributed by atoms with Crippen LogP contribution in [0.15, 0.2) is 41.5 Å². The summed E-state index contributed by atoms with van der Waals surface area (Å²) in [5.41, 5.74) is 4.50. The van der Waals surface area contributed by atoms with Crippen molar-refractivity contribution in [1.29, 1.82) is 0 Å². The number of carbonyl (C=O) groups is 1. The van der Waals surface area contributed by atoms with Crippen molar-refractivity contribution in [2.45, 2.75) is 18.6 Å². The van der Waals surface area contributed by atoms with E-state index in [1.54, 1.807) is 24.3 Å². The summed E-state index contributed by atoms with van der Waals surface area (Å²) in [5.74, 6) is 0.283. The van der Waals surface area contributed by atoms with Gasteiger partial charge in [-0.3, -0.25) is 4.79 Å². The maximum Gasteiger partial charge on any atom is 0.246 e. The van der Waals surface area contributed by atoms with E-state index in [1.165, 1.54) is 0 Å². The van der Waals surface area contributed by atoms with Gasteiger partial charge in [0, 0.05) is 19.2 Å².